The molecule has 0 saturated heterocycles. The number of aromatic nitrogens is 3. The summed E-state index contributed by atoms with van der Waals surface area (Å²) in [5.41, 5.74) is 2.84. The van der Waals surface area contributed by atoms with Crippen LogP contribution in [0.5, 0.6) is 0 Å². The Morgan fingerprint density at radius 3 is 2.94 bits per heavy atom. The fourth-order valence-corrected chi connectivity index (χ4v) is 2.11. The number of aromatic amines is 1. The minimum Gasteiger partial charge on any atom is -0.390 e. The summed E-state index contributed by atoms with van der Waals surface area (Å²) in [4.78, 5) is 18.4. The lowest BCUT2D eigenvalue weighted by molar-refractivity contribution is 0.272. The van der Waals surface area contributed by atoms with Crippen molar-refractivity contribution in [1.29, 1.82) is 0 Å². The molecule has 0 amide bonds. The Hall–Kier alpha value is -1.62. The van der Waals surface area contributed by atoms with Gasteiger partial charge in [0.05, 0.1) is 18.5 Å². The molecule has 0 atom stereocenters. The molecule has 2 aromatic heterocycles. The third-order valence-corrected chi connectivity index (χ3v) is 2.85. The van der Waals surface area contributed by atoms with Gasteiger partial charge in [-0.05, 0) is 6.42 Å². The molecular formula is C11H15N3O2. The van der Waals surface area contributed by atoms with Gasteiger partial charge < -0.3 is 14.7 Å². The van der Waals surface area contributed by atoms with E-state index in [1.54, 1.807) is 11.6 Å². The van der Waals surface area contributed by atoms with E-state index in [-0.39, 0.29) is 12.2 Å². The number of aryl methyl sites for hydroxylation is 2. The Labute approximate surface area is 92.8 Å². The number of aliphatic hydroxyl groups is 1. The molecule has 86 valence electrons. The fraction of sp³-hybridized carbons (Fsp3) is 0.455. The molecule has 0 aliphatic heterocycles. The summed E-state index contributed by atoms with van der Waals surface area (Å²) >= 11 is 0. The molecule has 0 spiro atoms. The smallest absolute Gasteiger partial charge is 0.275 e. The van der Waals surface area contributed by atoms with Crippen LogP contribution in [0.4, 0.5) is 0 Å². The van der Waals surface area contributed by atoms with E-state index in [1.165, 1.54) is 6.33 Å². The van der Waals surface area contributed by atoms with Gasteiger partial charge in [-0.25, -0.2) is 4.98 Å². The minimum absolute atomic E-state index is 0.0678. The van der Waals surface area contributed by atoms with Gasteiger partial charge >= 0.3 is 0 Å². The summed E-state index contributed by atoms with van der Waals surface area (Å²) in [5.74, 6) is 0. The van der Waals surface area contributed by atoms with Crippen LogP contribution in [0.2, 0.25) is 0 Å². The fourth-order valence-electron chi connectivity index (χ4n) is 2.11. The van der Waals surface area contributed by atoms with Crippen LogP contribution in [0, 0.1) is 0 Å². The third kappa shape index (κ3) is 1.44. The molecule has 5 heteroatoms. The van der Waals surface area contributed by atoms with Crippen LogP contribution in [-0.2, 0) is 20.1 Å². The summed E-state index contributed by atoms with van der Waals surface area (Å²) in [6.45, 7) is 1.99. The maximum absolute atomic E-state index is 11.7. The standard InChI is InChI=1S/C11H15N3O2/c1-3-4-7-8(5-15)14(2)10-9(7)12-6-13-11(10)16/h6,15H,3-5H2,1-2H3,(H,12,13,16). The van der Waals surface area contributed by atoms with Gasteiger partial charge in [-0.15, -0.1) is 0 Å². The van der Waals surface area contributed by atoms with Crippen LogP contribution in [0.15, 0.2) is 11.1 Å². The average molecular weight is 221 g/mol. The molecule has 0 unspecified atom stereocenters. The number of hydrogen-bond acceptors (Lipinski definition) is 3. The summed E-state index contributed by atoms with van der Waals surface area (Å²) in [6.07, 6.45) is 3.19. The van der Waals surface area contributed by atoms with Crippen LogP contribution in [0.1, 0.15) is 24.6 Å². The highest BCUT2D eigenvalue weighted by Crippen LogP contribution is 2.22. The predicted octanol–water partition coefficient (Wildman–Crippen LogP) is 0.706. The first kappa shape index (κ1) is 10.9. The van der Waals surface area contributed by atoms with Crippen LogP contribution in [-0.4, -0.2) is 19.6 Å². The zero-order chi connectivity index (χ0) is 11.7. The summed E-state index contributed by atoms with van der Waals surface area (Å²) in [5, 5.41) is 9.36. The second-order valence-electron chi connectivity index (χ2n) is 3.82. The monoisotopic (exact) mass is 221 g/mol. The van der Waals surface area contributed by atoms with Gasteiger partial charge in [0.2, 0.25) is 0 Å². The van der Waals surface area contributed by atoms with Gasteiger partial charge in [-0.3, -0.25) is 4.79 Å². The lowest BCUT2D eigenvalue weighted by Crippen LogP contribution is -2.10. The number of nitrogens with one attached hydrogen (secondary N) is 1. The zero-order valence-electron chi connectivity index (χ0n) is 9.45. The highest BCUT2D eigenvalue weighted by Gasteiger charge is 2.16. The van der Waals surface area contributed by atoms with E-state index in [4.69, 9.17) is 0 Å². The molecule has 2 rings (SSSR count). The Kier molecular flexibility index (Phi) is 2.78. The molecule has 16 heavy (non-hydrogen) atoms. The Balaban J connectivity index is 2.86. The molecule has 0 aliphatic carbocycles. The van der Waals surface area contributed by atoms with Gasteiger partial charge in [0.15, 0.2) is 0 Å². The molecular weight excluding hydrogens is 206 g/mol. The number of nitrogens with zero attached hydrogens (tertiary/aromatic N) is 2. The summed E-state index contributed by atoms with van der Waals surface area (Å²) < 4.78 is 1.73. The van der Waals surface area contributed by atoms with Gasteiger partial charge in [0.25, 0.3) is 5.56 Å². The second-order valence-corrected chi connectivity index (χ2v) is 3.82. The summed E-state index contributed by atoms with van der Waals surface area (Å²) in [7, 11) is 1.78. The quantitative estimate of drug-likeness (QED) is 0.801. The normalized spacial score (nSPS) is 11.2. The molecule has 2 aromatic rings. The van der Waals surface area contributed by atoms with Crippen molar-refractivity contribution >= 4 is 11.0 Å². The minimum atomic E-state index is -0.162. The largest absolute Gasteiger partial charge is 0.390 e. The first-order chi connectivity index (χ1) is 7.70. The molecule has 0 aromatic carbocycles. The number of aliphatic hydroxyl groups excluding tert-OH is 1. The van der Waals surface area contributed by atoms with Gasteiger partial charge in [0.1, 0.15) is 5.52 Å². The molecule has 2 heterocycles. The van der Waals surface area contributed by atoms with Crippen molar-refractivity contribution in [1.82, 2.24) is 14.5 Å². The van der Waals surface area contributed by atoms with Crippen molar-refractivity contribution in [3.63, 3.8) is 0 Å². The first-order valence-electron chi connectivity index (χ1n) is 5.35. The van der Waals surface area contributed by atoms with Crippen molar-refractivity contribution in [2.24, 2.45) is 7.05 Å². The highest BCUT2D eigenvalue weighted by atomic mass is 16.3. The topological polar surface area (TPSA) is 70.9 Å². The van der Waals surface area contributed by atoms with Crippen LogP contribution < -0.4 is 5.56 Å². The molecule has 0 bridgehead atoms. The van der Waals surface area contributed by atoms with Crippen molar-refractivity contribution in [2.75, 3.05) is 0 Å². The van der Waals surface area contributed by atoms with E-state index in [1.807, 2.05) is 0 Å². The van der Waals surface area contributed by atoms with Gasteiger partial charge in [0, 0.05) is 18.3 Å². The Morgan fingerprint density at radius 1 is 1.56 bits per heavy atom. The maximum Gasteiger partial charge on any atom is 0.275 e. The maximum atomic E-state index is 11.7. The summed E-state index contributed by atoms with van der Waals surface area (Å²) in [6, 6.07) is 0. The van der Waals surface area contributed by atoms with Crippen LogP contribution >= 0.6 is 0 Å². The van der Waals surface area contributed by atoms with Crippen LogP contribution in [0.3, 0.4) is 0 Å². The number of hydrogen-bond donors (Lipinski definition) is 2. The van der Waals surface area contributed by atoms with Gasteiger partial charge in [-0.1, -0.05) is 13.3 Å². The third-order valence-electron chi connectivity index (χ3n) is 2.85. The molecule has 5 nitrogen and oxygen atoms in total. The van der Waals surface area contributed by atoms with Crippen molar-refractivity contribution in [2.45, 2.75) is 26.4 Å². The van der Waals surface area contributed by atoms with E-state index in [0.29, 0.717) is 11.0 Å². The van der Waals surface area contributed by atoms with Crippen molar-refractivity contribution in [3.8, 4) is 0 Å². The van der Waals surface area contributed by atoms with E-state index in [0.717, 1.165) is 24.1 Å². The van der Waals surface area contributed by atoms with Crippen LogP contribution in [0.25, 0.3) is 11.0 Å². The second kappa shape index (κ2) is 4.09. The van der Waals surface area contributed by atoms with Gasteiger partial charge in [-0.2, -0.15) is 0 Å². The number of fused-ring (bicyclic) bond motifs is 1. The first-order valence-corrected chi connectivity index (χ1v) is 5.35. The van der Waals surface area contributed by atoms with E-state index >= 15 is 0 Å². The molecule has 0 fully saturated rings. The predicted molar refractivity (Wildman–Crippen MR) is 61.3 cm³/mol. The lowest BCUT2D eigenvalue weighted by Gasteiger charge is -2.02. The molecule has 0 aliphatic rings. The zero-order valence-corrected chi connectivity index (χ0v) is 9.45. The molecule has 2 N–H and O–H groups in total. The van der Waals surface area contributed by atoms with Crippen molar-refractivity contribution < 1.29 is 5.11 Å². The highest BCUT2D eigenvalue weighted by molar-refractivity contribution is 5.80. The van der Waals surface area contributed by atoms with E-state index < -0.39 is 0 Å². The Bertz CT molecular complexity index is 568. The van der Waals surface area contributed by atoms with Crippen molar-refractivity contribution in [3.05, 3.63) is 27.9 Å². The number of rotatable bonds is 3. The lowest BCUT2D eigenvalue weighted by atomic mass is 10.1. The SMILES string of the molecule is CCCc1c(CO)n(C)c2c(=O)[nH]cnc12. The average Bonchev–Trinajstić information content (AvgIpc) is 2.54. The molecule has 0 saturated carbocycles. The number of H-pyrrole nitrogens is 1. The van der Waals surface area contributed by atoms with E-state index in [2.05, 4.69) is 16.9 Å². The van der Waals surface area contributed by atoms with E-state index in [9.17, 15) is 9.90 Å². The molecule has 0 radical (unpaired) electrons. The Morgan fingerprint density at radius 2 is 2.31 bits per heavy atom.